The highest BCUT2D eigenvalue weighted by atomic mass is 32.2. The Balaban J connectivity index is 1.77. The fourth-order valence-electron chi connectivity index (χ4n) is 2.36. The average molecular weight is 374 g/mol. The molecule has 0 unspecified atom stereocenters. The predicted molar refractivity (Wildman–Crippen MR) is 104 cm³/mol. The number of carbonyl (C=O) groups excluding carboxylic acids is 2. The van der Waals surface area contributed by atoms with E-state index in [2.05, 4.69) is 5.32 Å². The number of benzene rings is 2. The lowest BCUT2D eigenvalue weighted by Crippen LogP contribution is -2.35. The molecular weight excluding hydrogens is 351 g/mol. The van der Waals surface area contributed by atoms with E-state index in [1.165, 1.54) is 28.8 Å². The van der Waals surface area contributed by atoms with Crippen molar-refractivity contribution in [3.05, 3.63) is 59.4 Å². The van der Waals surface area contributed by atoms with Crippen molar-refractivity contribution in [1.29, 1.82) is 0 Å². The van der Waals surface area contributed by atoms with Gasteiger partial charge in [-0.1, -0.05) is 12.1 Å². The van der Waals surface area contributed by atoms with E-state index in [9.17, 15) is 14.0 Å². The highest BCUT2D eigenvalue weighted by Gasteiger charge is 2.14. The van der Waals surface area contributed by atoms with Crippen LogP contribution in [0.4, 0.5) is 10.1 Å². The molecule has 0 aliphatic carbocycles. The van der Waals surface area contributed by atoms with Gasteiger partial charge in [-0.05, 0) is 55.3 Å². The molecule has 0 atom stereocenters. The van der Waals surface area contributed by atoms with Gasteiger partial charge in [-0.2, -0.15) is 0 Å². The van der Waals surface area contributed by atoms with Crippen LogP contribution in [-0.4, -0.2) is 36.1 Å². The molecule has 1 N–H and O–H groups in total. The van der Waals surface area contributed by atoms with E-state index in [-0.39, 0.29) is 24.2 Å². The van der Waals surface area contributed by atoms with Crippen LogP contribution >= 0.6 is 11.8 Å². The van der Waals surface area contributed by atoms with E-state index < -0.39 is 0 Å². The monoisotopic (exact) mass is 374 g/mol. The van der Waals surface area contributed by atoms with E-state index in [1.54, 1.807) is 19.2 Å². The highest BCUT2D eigenvalue weighted by Crippen LogP contribution is 2.19. The first-order valence-corrected chi connectivity index (χ1v) is 9.34. The summed E-state index contributed by atoms with van der Waals surface area (Å²) in [5, 5.41) is 2.85. The van der Waals surface area contributed by atoms with Gasteiger partial charge in [-0.15, -0.1) is 11.8 Å². The lowest BCUT2D eigenvalue weighted by atomic mass is 10.1. The summed E-state index contributed by atoms with van der Waals surface area (Å²) < 4.78 is 12.9. The molecule has 0 saturated carbocycles. The Kier molecular flexibility index (Phi) is 7.21. The van der Waals surface area contributed by atoms with Crippen LogP contribution in [0.1, 0.15) is 17.5 Å². The number of carbonyl (C=O) groups is 2. The zero-order chi connectivity index (χ0) is 19.1. The predicted octanol–water partition coefficient (Wildman–Crippen LogP) is 4.02. The molecule has 0 heterocycles. The van der Waals surface area contributed by atoms with Crippen LogP contribution in [0.25, 0.3) is 0 Å². The van der Waals surface area contributed by atoms with Gasteiger partial charge in [0.2, 0.25) is 11.8 Å². The first kappa shape index (κ1) is 20.0. The maximum atomic E-state index is 12.9. The average Bonchev–Trinajstić information content (AvgIpc) is 2.60. The minimum absolute atomic E-state index is 0.00737. The number of likely N-dealkylation sites (N-methyl/N-ethyl adjacent to an activating group) is 1. The van der Waals surface area contributed by atoms with Crippen molar-refractivity contribution in [3.63, 3.8) is 0 Å². The SMILES string of the molecule is Cc1cccc(NC(=O)CN(C)C(=O)CCSc2ccc(F)cc2)c1C. The molecule has 0 spiro atoms. The Bertz CT molecular complexity index is 778. The van der Waals surface area contributed by atoms with E-state index >= 15 is 0 Å². The zero-order valence-corrected chi connectivity index (χ0v) is 16.0. The van der Waals surface area contributed by atoms with Gasteiger partial charge in [0, 0.05) is 29.8 Å². The summed E-state index contributed by atoms with van der Waals surface area (Å²) in [6.45, 7) is 3.94. The number of rotatable bonds is 7. The molecule has 2 rings (SSSR count). The molecule has 0 radical (unpaired) electrons. The van der Waals surface area contributed by atoms with Crippen LogP contribution in [-0.2, 0) is 9.59 Å². The normalized spacial score (nSPS) is 10.5. The fraction of sp³-hybridized carbons (Fsp3) is 0.300. The van der Waals surface area contributed by atoms with Crippen molar-refractivity contribution in [2.75, 3.05) is 24.7 Å². The minimum Gasteiger partial charge on any atom is -0.336 e. The molecule has 0 aromatic heterocycles. The number of halogens is 1. The van der Waals surface area contributed by atoms with Gasteiger partial charge in [-0.25, -0.2) is 4.39 Å². The van der Waals surface area contributed by atoms with Crippen LogP contribution in [0.15, 0.2) is 47.4 Å². The van der Waals surface area contributed by atoms with Gasteiger partial charge in [0.05, 0.1) is 6.54 Å². The number of aryl methyl sites for hydroxylation is 1. The number of thioether (sulfide) groups is 1. The third kappa shape index (κ3) is 5.88. The summed E-state index contributed by atoms with van der Waals surface area (Å²) in [6.07, 6.45) is 0.315. The molecule has 0 saturated heterocycles. The lowest BCUT2D eigenvalue weighted by molar-refractivity contribution is -0.132. The summed E-state index contributed by atoms with van der Waals surface area (Å²) in [4.78, 5) is 26.7. The molecule has 0 aliphatic heterocycles. The number of amides is 2. The number of hydrogen-bond acceptors (Lipinski definition) is 3. The Morgan fingerprint density at radius 3 is 2.50 bits per heavy atom. The molecule has 2 amide bonds. The third-order valence-electron chi connectivity index (χ3n) is 4.08. The summed E-state index contributed by atoms with van der Waals surface area (Å²) in [6, 6.07) is 11.9. The first-order chi connectivity index (χ1) is 12.4. The maximum absolute atomic E-state index is 12.9. The number of hydrogen-bond donors (Lipinski definition) is 1. The minimum atomic E-state index is -0.278. The van der Waals surface area contributed by atoms with Gasteiger partial charge >= 0.3 is 0 Å². The zero-order valence-electron chi connectivity index (χ0n) is 15.2. The Morgan fingerprint density at radius 1 is 1.12 bits per heavy atom. The summed E-state index contributed by atoms with van der Waals surface area (Å²) >= 11 is 1.49. The molecular formula is C20H23FN2O2S. The second kappa shape index (κ2) is 9.38. The standard InChI is InChI=1S/C20H23FN2O2S/c1-14-5-4-6-18(15(14)2)22-19(24)13-23(3)20(25)11-12-26-17-9-7-16(21)8-10-17/h4-10H,11-13H2,1-3H3,(H,22,24). The van der Waals surface area contributed by atoms with Crippen LogP contribution in [0.2, 0.25) is 0 Å². The molecule has 0 aliphatic rings. The Hall–Kier alpha value is -2.34. The van der Waals surface area contributed by atoms with Crippen molar-refractivity contribution >= 4 is 29.3 Å². The molecule has 138 valence electrons. The molecule has 0 fully saturated rings. The molecule has 0 bridgehead atoms. The quantitative estimate of drug-likeness (QED) is 0.745. The van der Waals surface area contributed by atoms with Crippen LogP contribution in [0.5, 0.6) is 0 Å². The van der Waals surface area contributed by atoms with Crippen LogP contribution in [0, 0.1) is 19.7 Å². The van der Waals surface area contributed by atoms with E-state index in [0.717, 1.165) is 21.7 Å². The maximum Gasteiger partial charge on any atom is 0.243 e. The van der Waals surface area contributed by atoms with Gasteiger partial charge in [0.1, 0.15) is 5.82 Å². The van der Waals surface area contributed by atoms with Crippen molar-refractivity contribution in [1.82, 2.24) is 4.90 Å². The third-order valence-corrected chi connectivity index (χ3v) is 5.10. The van der Waals surface area contributed by atoms with Gasteiger partial charge in [0.25, 0.3) is 0 Å². The smallest absolute Gasteiger partial charge is 0.243 e. The highest BCUT2D eigenvalue weighted by molar-refractivity contribution is 7.99. The number of anilines is 1. The van der Waals surface area contributed by atoms with Crippen LogP contribution in [0.3, 0.4) is 0 Å². The van der Waals surface area contributed by atoms with E-state index in [0.29, 0.717) is 12.2 Å². The second-order valence-corrected chi connectivity index (χ2v) is 7.27. The fourth-order valence-corrected chi connectivity index (χ4v) is 3.20. The molecule has 26 heavy (non-hydrogen) atoms. The van der Waals surface area contributed by atoms with Crippen molar-refractivity contribution in [3.8, 4) is 0 Å². The molecule has 2 aromatic rings. The first-order valence-electron chi connectivity index (χ1n) is 8.35. The summed E-state index contributed by atoms with van der Waals surface area (Å²) in [7, 11) is 1.62. The second-order valence-electron chi connectivity index (χ2n) is 6.10. The van der Waals surface area contributed by atoms with Crippen molar-refractivity contribution < 1.29 is 14.0 Å². The van der Waals surface area contributed by atoms with E-state index in [1.807, 2.05) is 32.0 Å². The van der Waals surface area contributed by atoms with Gasteiger partial charge in [-0.3, -0.25) is 9.59 Å². The molecule has 6 heteroatoms. The topological polar surface area (TPSA) is 49.4 Å². The van der Waals surface area contributed by atoms with Gasteiger partial charge in [0.15, 0.2) is 0 Å². The van der Waals surface area contributed by atoms with Crippen molar-refractivity contribution in [2.24, 2.45) is 0 Å². The molecule has 2 aromatic carbocycles. The number of nitrogens with one attached hydrogen (secondary N) is 1. The summed E-state index contributed by atoms with van der Waals surface area (Å²) in [5.74, 6) is -0.0237. The molecule has 4 nitrogen and oxygen atoms in total. The van der Waals surface area contributed by atoms with E-state index in [4.69, 9.17) is 0 Å². The largest absolute Gasteiger partial charge is 0.336 e. The summed E-state index contributed by atoms with van der Waals surface area (Å²) in [5.41, 5.74) is 2.89. The number of nitrogens with zero attached hydrogens (tertiary/aromatic N) is 1. The van der Waals surface area contributed by atoms with Crippen molar-refractivity contribution in [2.45, 2.75) is 25.2 Å². The van der Waals surface area contributed by atoms with Gasteiger partial charge < -0.3 is 10.2 Å². The lowest BCUT2D eigenvalue weighted by Gasteiger charge is -2.17. The Labute approximate surface area is 157 Å². The Morgan fingerprint density at radius 2 is 1.81 bits per heavy atom. The van der Waals surface area contributed by atoms with Crippen LogP contribution < -0.4 is 5.32 Å².